The smallest absolute Gasteiger partial charge is 0.163 e. The van der Waals surface area contributed by atoms with Crippen molar-refractivity contribution in [2.24, 2.45) is 0 Å². The molecule has 0 aliphatic rings. The molecule has 0 atom stereocenters. The molecule has 16 heavy (non-hydrogen) atoms. The highest BCUT2D eigenvalue weighted by molar-refractivity contribution is 5.35. The summed E-state index contributed by atoms with van der Waals surface area (Å²) in [7, 11) is 0. The summed E-state index contributed by atoms with van der Waals surface area (Å²) < 4.78 is 1.94. The molecule has 1 N–H and O–H groups in total. The first-order chi connectivity index (χ1) is 7.77. The van der Waals surface area contributed by atoms with Crippen LogP contribution in [0, 0.1) is 0 Å². The molecule has 0 aromatic carbocycles. The van der Waals surface area contributed by atoms with Crippen molar-refractivity contribution in [1.82, 2.24) is 24.9 Å². The summed E-state index contributed by atoms with van der Waals surface area (Å²) >= 11 is 0. The number of hydrogen-bond acceptors (Lipinski definition) is 4. The molecule has 0 spiro atoms. The lowest BCUT2D eigenvalue weighted by molar-refractivity contribution is 0.565. The van der Waals surface area contributed by atoms with Crippen LogP contribution in [0.3, 0.4) is 0 Å². The molecule has 2 rings (SSSR count). The van der Waals surface area contributed by atoms with Gasteiger partial charge < -0.3 is 5.32 Å². The van der Waals surface area contributed by atoms with Crippen LogP contribution in [0.2, 0.25) is 0 Å². The topological polar surface area (TPSA) is 55.1 Å². The maximum absolute atomic E-state index is 4.16. The molecule has 0 unspecified atom stereocenters. The predicted octanol–water partition coefficient (Wildman–Crippen LogP) is 1.05. The van der Waals surface area contributed by atoms with Crippen molar-refractivity contribution >= 4 is 5.65 Å². The lowest BCUT2D eigenvalue weighted by atomic mass is 10.3. The van der Waals surface area contributed by atoms with Crippen molar-refractivity contribution in [3.05, 3.63) is 24.4 Å². The first-order valence-corrected chi connectivity index (χ1v) is 5.64. The molecule has 5 nitrogen and oxygen atoms in total. The predicted molar refractivity (Wildman–Crippen MR) is 62.2 cm³/mol. The first kappa shape index (κ1) is 11.0. The van der Waals surface area contributed by atoms with Crippen LogP contribution in [0.5, 0.6) is 0 Å². The zero-order valence-corrected chi connectivity index (χ0v) is 9.72. The van der Waals surface area contributed by atoms with Crippen molar-refractivity contribution in [1.29, 1.82) is 0 Å². The number of hydrogen-bond donors (Lipinski definition) is 1. The Balaban J connectivity index is 1.94. The summed E-state index contributed by atoms with van der Waals surface area (Å²) in [5, 5.41) is 11.6. The van der Waals surface area contributed by atoms with E-state index in [0.29, 0.717) is 6.04 Å². The van der Waals surface area contributed by atoms with Crippen molar-refractivity contribution in [3.63, 3.8) is 0 Å². The van der Waals surface area contributed by atoms with E-state index < -0.39 is 0 Å². The Hall–Kier alpha value is -1.49. The Kier molecular flexibility index (Phi) is 3.46. The third-order valence-electron chi connectivity index (χ3n) is 2.41. The molecule has 0 aliphatic heterocycles. The van der Waals surface area contributed by atoms with Gasteiger partial charge in [0.25, 0.3) is 0 Å². The van der Waals surface area contributed by atoms with Crippen LogP contribution >= 0.6 is 0 Å². The zero-order chi connectivity index (χ0) is 11.4. The number of aryl methyl sites for hydroxylation is 1. The van der Waals surface area contributed by atoms with E-state index in [-0.39, 0.29) is 0 Å². The van der Waals surface area contributed by atoms with Gasteiger partial charge in [0, 0.05) is 24.7 Å². The highest BCUT2D eigenvalue weighted by Crippen LogP contribution is 2.03. The van der Waals surface area contributed by atoms with E-state index in [4.69, 9.17) is 0 Å². The van der Waals surface area contributed by atoms with E-state index >= 15 is 0 Å². The molecular formula is C11H17N5. The maximum atomic E-state index is 4.16. The maximum Gasteiger partial charge on any atom is 0.163 e. The number of nitrogens with zero attached hydrogens (tertiary/aromatic N) is 4. The van der Waals surface area contributed by atoms with Gasteiger partial charge in [-0.3, -0.25) is 4.40 Å². The second-order valence-corrected chi connectivity index (χ2v) is 4.14. The van der Waals surface area contributed by atoms with Gasteiger partial charge in [-0.2, -0.15) is 0 Å². The second kappa shape index (κ2) is 5.03. The summed E-state index contributed by atoms with van der Waals surface area (Å²) in [6.07, 6.45) is 5.48. The fraction of sp³-hybridized carbons (Fsp3) is 0.545. The molecule has 0 bridgehead atoms. The van der Waals surface area contributed by atoms with Crippen molar-refractivity contribution in [3.8, 4) is 0 Å². The van der Waals surface area contributed by atoms with Crippen LogP contribution in [0.25, 0.3) is 5.65 Å². The van der Waals surface area contributed by atoms with Crippen molar-refractivity contribution < 1.29 is 0 Å². The summed E-state index contributed by atoms with van der Waals surface area (Å²) in [6, 6.07) is 2.40. The minimum atomic E-state index is 0.539. The third-order valence-corrected chi connectivity index (χ3v) is 2.41. The van der Waals surface area contributed by atoms with Crippen LogP contribution in [-0.4, -0.2) is 32.2 Å². The van der Waals surface area contributed by atoms with Gasteiger partial charge in [0.1, 0.15) is 12.2 Å². The normalized spacial score (nSPS) is 11.4. The lowest BCUT2D eigenvalue weighted by Crippen LogP contribution is -2.24. The molecule has 0 fully saturated rings. The summed E-state index contributed by atoms with van der Waals surface area (Å²) in [5.41, 5.74) is 0.863. The van der Waals surface area contributed by atoms with E-state index in [0.717, 1.165) is 30.9 Å². The van der Waals surface area contributed by atoms with Crippen LogP contribution < -0.4 is 5.32 Å². The van der Waals surface area contributed by atoms with E-state index in [1.165, 1.54) is 0 Å². The van der Waals surface area contributed by atoms with Gasteiger partial charge in [0.2, 0.25) is 0 Å². The van der Waals surface area contributed by atoms with E-state index in [9.17, 15) is 0 Å². The summed E-state index contributed by atoms with van der Waals surface area (Å²) in [4.78, 5) is 4.07. The highest BCUT2D eigenvalue weighted by Gasteiger charge is 2.04. The molecule has 0 radical (unpaired) electrons. The van der Waals surface area contributed by atoms with E-state index in [2.05, 4.69) is 34.3 Å². The largest absolute Gasteiger partial charge is 0.315 e. The second-order valence-electron chi connectivity index (χ2n) is 4.14. The van der Waals surface area contributed by atoms with E-state index in [1.807, 2.05) is 10.5 Å². The van der Waals surface area contributed by atoms with Crippen LogP contribution in [0.15, 0.2) is 18.6 Å². The Morgan fingerprint density at radius 2 is 2.25 bits per heavy atom. The number of nitrogens with one attached hydrogen (secondary N) is 1. The van der Waals surface area contributed by atoms with Gasteiger partial charge >= 0.3 is 0 Å². The quantitative estimate of drug-likeness (QED) is 0.764. The fourth-order valence-corrected chi connectivity index (χ4v) is 1.60. The zero-order valence-electron chi connectivity index (χ0n) is 9.72. The van der Waals surface area contributed by atoms with Gasteiger partial charge in [-0.05, 0) is 13.0 Å². The molecule has 2 aromatic rings. The molecule has 0 saturated carbocycles. The molecule has 2 aromatic heterocycles. The average Bonchev–Trinajstić information content (AvgIpc) is 2.68. The van der Waals surface area contributed by atoms with Crippen LogP contribution in [-0.2, 0) is 6.42 Å². The molecule has 0 amide bonds. The molecular weight excluding hydrogens is 202 g/mol. The van der Waals surface area contributed by atoms with E-state index in [1.54, 1.807) is 12.5 Å². The Morgan fingerprint density at radius 1 is 1.38 bits per heavy atom. The minimum Gasteiger partial charge on any atom is -0.315 e. The van der Waals surface area contributed by atoms with Gasteiger partial charge in [0.05, 0.1) is 0 Å². The first-order valence-electron chi connectivity index (χ1n) is 5.64. The van der Waals surface area contributed by atoms with Gasteiger partial charge in [0.15, 0.2) is 5.65 Å². The number of rotatable bonds is 5. The highest BCUT2D eigenvalue weighted by atomic mass is 15.3. The molecule has 0 saturated heterocycles. The monoisotopic (exact) mass is 219 g/mol. The average molecular weight is 219 g/mol. The fourth-order valence-electron chi connectivity index (χ4n) is 1.60. The molecule has 2 heterocycles. The third kappa shape index (κ3) is 2.55. The Bertz CT molecular complexity index is 448. The SMILES string of the molecule is CC(C)NCCCc1nnc2ccncn12. The summed E-state index contributed by atoms with van der Waals surface area (Å²) in [5.74, 6) is 0.980. The molecule has 0 aliphatic carbocycles. The van der Waals surface area contributed by atoms with Gasteiger partial charge in [-0.1, -0.05) is 13.8 Å². The van der Waals surface area contributed by atoms with Crippen molar-refractivity contribution in [2.75, 3.05) is 6.54 Å². The summed E-state index contributed by atoms with van der Waals surface area (Å²) in [6.45, 7) is 5.31. The number of aromatic nitrogens is 4. The molecule has 86 valence electrons. The van der Waals surface area contributed by atoms with Crippen LogP contribution in [0.1, 0.15) is 26.1 Å². The number of fused-ring (bicyclic) bond motifs is 1. The lowest BCUT2D eigenvalue weighted by Gasteiger charge is -2.06. The van der Waals surface area contributed by atoms with Gasteiger partial charge in [-0.25, -0.2) is 4.98 Å². The van der Waals surface area contributed by atoms with Crippen LogP contribution in [0.4, 0.5) is 0 Å². The standard InChI is InChI=1S/C11H17N5/c1-9(2)13-6-3-4-10-14-15-11-5-7-12-8-16(10)11/h5,7-9,13H,3-4,6H2,1-2H3. The van der Waals surface area contributed by atoms with Gasteiger partial charge in [-0.15, -0.1) is 10.2 Å². The minimum absolute atomic E-state index is 0.539. The Morgan fingerprint density at radius 3 is 3.06 bits per heavy atom. The molecule has 5 heteroatoms. The van der Waals surface area contributed by atoms with Crippen molar-refractivity contribution in [2.45, 2.75) is 32.7 Å². The Labute approximate surface area is 94.9 Å².